The van der Waals surface area contributed by atoms with Crippen LogP contribution in [-0.4, -0.2) is 54.4 Å². The summed E-state index contributed by atoms with van der Waals surface area (Å²) in [6.07, 6.45) is 1.16. The summed E-state index contributed by atoms with van der Waals surface area (Å²) in [6, 6.07) is 18.4. The lowest BCUT2D eigenvalue weighted by Gasteiger charge is -2.36. The summed E-state index contributed by atoms with van der Waals surface area (Å²) in [7, 11) is 0. The van der Waals surface area contributed by atoms with E-state index in [9.17, 15) is 9.59 Å². The fourth-order valence-corrected chi connectivity index (χ4v) is 5.13. The van der Waals surface area contributed by atoms with Gasteiger partial charge in [-0.2, -0.15) is 0 Å². The molecule has 5 rings (SSSR count). The molecule has 2 aromatic carbocycles. The molecular formula is C27H30N4O2. The van der Waals surface area contributed by atoms with Gasteiger partial charge in [0.2, 0.25) is 11.8 Å². The lowest BCUT2D eigenvalue weighted by molar-refractivity contribution is -0.136. The van der Waals surface area contributed by atoms with Gasteiger partial charge in [-0.3, -0.25) is 9.59 Å². The summed E-state index contributed by atoms with van der Waals surface area (Å²) in [5.41, 5.74) is 4.23. The summed E-state index contributed by atoms with van der Waals surface area (Å²) >= 11 is 0. The van der Waals surface area contributed by atoms with Gasteiger partial charge in [-0.05, 0) is 42.7 Å². The van der Waals surface area contributed by atoms with Gasteiger partial charge in [0, 0.05) is 50.2 Å². The fourth-order valence-electron chi connectivity index (χ4n) is 5.13. The Bertz CT molecular complexity index is 1200. The van der Waals surface area contributed by atoms with E-state index in [4.69, 9.17) is 4.98 Å². The van der Waals surface area contributed by atoms with Crippen LogP contribution in [0.15, 0.2) is 54.6 Å². The molecule has 0 radical (unpaired) electrons. The number of hydrogen-bond donors (Lipinski definition) is 0. The number of aryl methyl sites for hydroxylation is 2. The number of fused-ring (bicyclic) bond motifs is 1. The molecule has 1 aromatic heterocycles. The maximum atomic E-state index is 13.3. The zero-order chi connectivity index (χ0) is 22.9. The van der Waals surface area contributed by atoms with Crippen molar-refractivity contribution in [2.24, 2.45) is 5.92 Å². The third-order valence-corrected chi connectivity index (χ3v) is 6.95. The maximum Gasteiger partial charge on any atom is 0.228 e. The van der Waals surface area contributed by atoms with E-state index in [1.54, 1.807) is 0 Å². The number of pyridine rings is 1. The highest BCUT2D eigenvalue weighted by Gasteiger charge is 2.39. The molecular weight excluding hydrogens is 412 g/mol. The van der Waals surface area contributed by atoms with Crippen LogP contribution in [0.2, 0.25) is 0 Å². The fraction of sp³-hybridized carbons (Fsp3) is 0.370. The average molecular weight is 443 g/mol. The lowest BCUT2D eigenvalue weighted by atomic mass is 10.0. The van der Waals surface area contributed by atoms with E-state index in [2.05, 4.69) is 36.1 Å². The summed E-state index contributed by atoms with van der Waals surface area (Å²) in [5, 5.41) is 1.13. The second kappa shape index (κ2) is 8.85. The Morgan fingerprint density at radius 3 is 2.58 bits per heavy atom. The lowest BCUT2D eigenvalue weighted by Crippen LogP contribution is -2.51. The number of hydrogen-bond acceptors (Lipinski definition) is 4. The molecule has 0 spiro atoms. The first-order valence-electron chi connectivity index (χ1n) is 11.8. The van der Waals surface area contributed by atoms with Crippen molar-refractivity contribution < 1.29 is 9.59 Å². The number of nitrogens with zero attached hydrogens (tertiary/aromatic N) is 4. The highest BCUT2D eigenvalue weighted by atomic mass is 16.2. The van der Waals surface area contributed by atoms with E-state index in [-0.39, 0.29) is 17.7 Å². The Morgan fingerprint density at radius 2 is 1.79 bits per heavy atom. The van der Waals surface area contributed by atoms with Gasteiger partial charge in [0.25, 0.3) is 0 Å². The number of benzene rings is 2. The molecule has 0 aliphatic carbocycles. The topological polar surface area (TPSA) is 56.8 Å². The molecule has 2 aliphatic heterocycles. The van der Waals surface area contributed by atoms with Crippen LogP contribution in [0.4, 0.5) is 11.5 Å². The standard InChI is InChI=1S/C27H30N4O2/c1-3-20-9-6-7-19(2)26(20)31-18-22(17-25(31)32)27(33)30-15-13-29(14-16-30)24-12-11-21-8-4-5-10-23(21)28-24/h4-12,22H,3,13-18H2,1-2H3. The van der Waals surface area contributed by atoms with E-state index in [0.717, 1.165) is 53.0 Å². The molecule has 0 bridgehead atoms. The SMILES string of the molecule is CCc1cccc(C)c1N1CC(C(=O)N2CCN(c3ccc4ccccc4n3)CC2)CC1=O. The number of rotatable bonds is 4. The predicted octanol–water partition coefficient (Wildman–Crippen LogP) is 3.81. The zero-order valence-corrected chi connectivity index (χ0v) is 19.3. The van der Waals surface area contributed by atoms with Crippen LogP contribution in [0.3, 0.4) is 0 Å². The molecule has 3 heterocycles. The highest BCUT2D eigenvalue weighted by molar-refractivity contribution is 6.01. The maximum absolute atomic E-state index is 13.3. The molecule has 2 fully saturated rings. The Balaban J connectivity index is 1.24. The summed E-state index contributed by atoms with van der Waals surface area (Å²) in [4.78, 5) is 37.0. The second-order valence-electron chi connectivity index (χ2n) is 9.02. The first-order chi connectivity index (χ1) is 16.0. The van der Waals surface area contributed by atoms with Gasteiger partial charge in [0.05, 0.1) is 11.4 Å². The molecule has 0 saturated carbocycles. The Morgan fingerprint density at radius 1 is 1.00 bits per heavy atom. The van der Waals surface area contributed by atoms with Gasteiger partial charge < -0.3 is 14.7 Å². The summed E-state index contributed by atoms with van der Waals surface area (Å²) in [6.45, 7) is 7.42. The van der Waals surface area contributed by atoms with Crippen molar-refractivity contribution in [1.82, 2.24) is 9.88 Å². The van der Waals surface area contributed by atoms with Crippen LogP contribution in [0, 0.1) is 12.8 Å². The quantitative estimate of drug-likeness (QED) is 0.617. The summed E-state index contributed by atoms with van der Waals surface area (Å²) in [5.74, 6) is 0.835. The van der Waals surface area contributed by atoms with Crippen molar-refractivity contribution in [1.29, 1.82) is 0 Å². The molecule has 2 amide bonds. The van der Waals surface area contributed by atoms with Crippen molar-refractivity contribution in [3.63, 3.8) is 0 Å². The average Bonchev–Trinajstić information content (AvgIpc) is 3.24. The molecule has 2 saturated heterocycles. The van der Waals surface area contributed by atoms with E-state index in [0.29, 0.717) is 26.1 Å². The minimum Gasteiger partial charge on any atom is -0.353 e. The summed E-state index contributed by atoms with van der Waals surface area (Å²) < 4.78 is 0. The van der Waals surface area contributed by atoms with Crippen LogP contribution < -0.4 is 9.80 Å². The second-order valence-corrected chi connectivity index (χ2v) is 9.02. The van der Waals surface area contributed by atoms with Crippen LogP contribution in [0.5, 0.6) is 0 Å². The molecule has 6 nitrogen and oxygen atoms in total. The molecule has 0 N–H and O–H groups in total. The Kier molecular flexibility index (Phi) is 5.75. The van der Waals surface area contributed by atoms with Crippen molar-refractivity contribution in [2.45, 2.75) is 26.7 Å². The number of carbonyl (C=O) groups is 2. The number of para-hydroxylation sites is 2. The van der Waals surface area contributed by atoms with Crippen molar-refractivity contribution in [2.75, 3.05) is 42.5 Å². The number of anilines is 2. The monoisotopic (exact) mass is 442 g/mol. The third-order valence-electron chi connectivity index (χ3n) is 6.95. The van der Waals surface area contributed by atoms with Gasteiger partial charge in [-0.1, -0.05) is 43.3 Å². The van der Waals surface area contributed by atoms with E-state index >= 15 is 0 Å². The van der Waals surface area contributed by atoms with Gasteiger partial charge in [0.1, 0.15) is 5.82 Å². The predicted molar refractivity (Wildman–Crippen MR) is 132 cm³/mol. The number of amides is 2. The smallest absolute Gasteiger partial charge is 0.228 e. The zero-order valence-electron chi connectivity index (χ0n) is 19.3. The van der Waals surface area contributed by atoms with Gasteiger partial charge >= 0.3 is 0 Å². The van der Waals surface area contributed by atoms with Crippen LogP contribution in [0.25, 0.3) is 10.9 Å². The van der Waals surface area contributed by atoms with Gasteiger partial charge in [-0.15, -0.1) is 0 Å². The normalized spacial score (nSPS) is 18.9. The van der Waals surface area contributed by atoms with Crippen molar-refractivity contribution in [3.8, 4) is 0 Å². The Hall–Kier alpha value is -3.41. The van der Waals surface area contributed by atoms with E-state index in [1.807, 2.05) is 47.1 Å². The molecule has 1 atom stereocenters. The first-order valence-corrected chi connectivity index (χ1v) is 11.8. The van der Waals surface area contributed by atoms with Crippen LogP contribution >= 0.6 is 0 Å². The van der Waals surface area contributed by atoms with Crippen molar-refractivity contribution >= 4 is 34.2 Å². The van der Waals surface area contributed by atoms with Gasteiger partial charge in [-0.25, -0.2) is 4.98 Å². The Labute approximate surface area is 194 Å². The molecule has 6 heteroatoms. The number of carbonyl (C=O) groups excluding carboxylic acids is 2. The molecule has 1 unspecified atom stereocenters. The number of piperazine rings is 1. The van der Waals surface area contributed by atoms with Gasteiger partial charge in [0.15, 0.2) is 0 Å². The molecule has 2 aliphatic rings. The molecule has 3 aromatic rings. The minimum absolute atomic E-state index is 0.0522. The molecule has 33 heavy (non-hydrogen) atoms. The minimum atomic E-state index is -0.271. The van der Waals surface area contributed by atoms with Crippen LogP contribution in [-0.2, 0) is 16.0 Å². The first kappa shape index (κ1) is 21.4. The van der Waals surface area contributed by atoms with Crippen LogP contribution in [0.1, 0.15) is 24.5 Å². The molecule has 170 valence electrons. The number of aromatic nitrogens is 1. The van der Waals surface area contributed by atoms with E-state index in [1.165, 1.54) is 0 Å². The largest absolute Gasteiger partial charge is 0.353 e. The van der Waals surface area contributed by atoms with Crippen molar-refractivity contribution in [3.05, 3.63) is 65.7 Å². The highest BCUT2D eigenvalue weighted by Crippen LogP contribution is 2.32. The third kappa shape index (κ3) is 4.06. The van der Waals surface area contributed by atoms with E-state index < -0.39 is 0 Å².